The number of aromatic nitrogens is 4. The van der Waals surface area contributed by atoms with Gasteiger partial charge in [-0.15, -0.1) is 10.2 Å². The van der Waals surface area contributed by atoms with Gasteiger partial charge in [-0.25, -0.2) is 0 Å². The summed E-state index contributed by atoms with van der Waals surface area (Å²) in [5, 5.41) is 12.4. The van der Waals surface area contributed by atoms with Gasteiger partial charge in [0.2, 0.25) is 5.91 Å². The second-order valence-corrected chi connectivity index (χ2v) is 8.87. The normalized spacial score (nSPS) is 10.8. The fourth-order valence-electron chi connectivity index (χ4n) is 3.06. The minimum atomic E-state index is -0.100. The standard InChI is InChI=1S/C23H20BrN5OS/c1-15-5-8-19(9-6-15)29-22(17-4-3-11-25-13-17)27-28-23(29)31-14-21(30)26-20-10-7-18(24)12-16(20)2/h3-13H,14H2,1-2H3,(H,26,30). The maximum atomic E-state index is 12.6. The van der Waals surface area contributed by atoms with Crippen LogP contribution in [0.25, 0.3) is 17.1 Å². The van der Waals surface area contributed by atoms with Crippen molar-refractivity contribution in [2.24, 2.45) is 0 Å². The number of hydrogen-bond donors (Lipinski definition) is 1. The van der Waals surface area contributed by atoms with Gasteiger partial charge in [0, 0.05) is 33.8 Å². The number of nitrogens with zero attached hydrogens (tertiary/aromatic N) is 4. The Morgan fingerprint density at radius 1 is 1.10 bits per heavy atom. The number of hydrogen-bond acceptors (Lipinski definition) is 5. The molecule has 1 N–H and O–H groups in total. The molecule has 0 saturated carbocycles. The quantitative estimate of drug-likeness (QED) is 0.362. The molecule has 0 aliphatic carbocycles. The van der Waals surface area contributed by atoms with E-state index in [0.717, 1.165) is 27.0 Å². The van der Waals surface area contributed by atoms with Gasteiger partial charge in [0.15, 0.2) is 11.0 Å². The van der Waals surface area contributed by atoms with Crippen LogP contribution in [0.4, 0.5) is 5.69 Å². The Kier molecular flexibility index (Phi) is 6.48. The predicted octanol–water partition coefficient (Wildman–Crippen LogP) is 5.44. The SMILES string of the molecule is Cc1ccc(-n2c(SCC(=O)Nc3ccc(Br)cc3C)nnc2-c2cccnc2)cc1. The summed E-state index contributed by atoms with van der Waals surface area (Å²) in [7, 11) is 0. The summed E-state index contributed by atoms with van der Waals surface area (Å²) in [5.74, 6) is 0.799. The first-order valence-electron chi connectivity index (χ1n) is 9.63. The molecular formula is C23H20BrN5OS. The highest BCUT2D eigenvalue weighted by atomic mass is 79.9. The number of carbonyl (C=O) groups is 1. The van der Waals surface area contributed by atoms with Crippen LogP contribution >= 0.6 is 27.7 Å². The summed E-state index contributed by atoms with van der Waals surface area (Å²) in [6.45, 7) is 4.00. The van der Waals surface area contributed by atoms with Crippen molar-refractivity contribution < 1.29 is 4.79 Å². The zero-order valence-electron chi connectivity index (χ0n) is 17.0. The monoisotopic (exact) mass is 493 g/mol. The molecule has 0 spiro atoms. The van der Waals surface area contributed by atoms with E-state index < -0.39 is 0 Å². The van der Waals surface area contributed by atoms with Crippen LogP contribution in [-0.4, -0.2) is 31.4 Å². The number of aryl methyl sites for hydroxylation is 2. The van der Waals surface area contributed by atoms with Crippen LogP contribution in [-0.2, 0) is 4.79 Å². The van der Waals surface area contributed by atoms with Crippen molar-refractivity contribution in [2.75, 3.05) is 11.1 Å². The number of thioether (sulfide) groups is 1. The molecule has 0 atom stereocenters. The summed E-state index contributed by atoms with van der Waals surface area (Å²) in [4.78, 5) is 16.8. The molecule has 0 unspecified atom stereocenters. The maximum absolute atomic E-state index is 12.6. The van der Waals surface area contributed by atoms with Gasteiger partial charge in [0.05, 0.1) is 5.75 Å². The Morgan fingerprint density at radius 2 is 1.90 bits per heavy atom. The molecule has 2 aromatic carbocycles. The van der Waals surface area contributed by atoms with Gasteiger partial charge in [0.1, 0.15) is 0 Å². The first kappa shape index (κ1) is 21.3. The minimum Gasteiger partial charge on any atom is -0.325 e. The minimum absolute atomic E-state index is 0.100. The highest BCUT2D eigenvalue weighted by molar-refractivity contribution is 9.10. The molecule has 31 heavy (non-hydrogen) atoms. The molecule has 2 aromatic heterocycles. The topological polar surface area (TPSA) is 72.7 Å². The lowest BCUT2D eigenvalue weighted by atomic mass is 10.2. The Labute approximate surface area is 193 Å². The van der Waals surface area contributed by atoms with Crippen molar-refractivity contribution in [3.05, 3.63) is 82.6 Å². The number of pyridine rings is 1. The van der Waals surface area contributed by atoms with E-state index >= 15 is 0 Å². The fourth-order valence-corrected chi connectivity index (χ4v) is 4.28. The number of carbonyl (C=O) groups excluding carboxylic acids is 1. The van der Waals surface area contributed by atoms with Gasteiger partial charge in [0.25, 0.3) is 0 Å². The van der Waals surface area contributed by atoms with Crippen molar-refractivity contribution in [3.63, 3.8) is 0 Å². The van der Waals surface area contributed by atoms with Crippen LogP contribution in [0.15, 0.2) is 76.6 Å². The predicted molar refractivity (Wildman–Crippen MR) is 128 cm³/mol. The Morgan fingerprint density at radius 3 is 2.61 bits per heavy atom. The van der Waals surface area contributed by atoms with Crippen LogP contribution in [0.5, 0.6) is 0 Å². The second kappa shape index (κ2) is 9.45. The van der Waals surface area contributed by atoms with Crippen molar-refractivity contribution in [1.82, 2.24) is 19.7 Å². The molecule has 6 nitrogen and oxygen atoms in total. The average molecular weight is 494 g/mol. The molecule has 4 rings (SSSR count). The van der Waals surface area contributed by atoms with Gasteiger partial charge in [-0.1, -0.05) is 45.4 Å². The third kappa shape index (κ3) is 5.03. The highest BCUT2D eigenvalue weighted by Gasteiger charge is 2.17. The number of nitrogens with one attached hydrogen (secondary N) is 1. The van der Waals surface area contributed by atoms with Crippen molar-refractivity contribution in [1.29, 1.82) is 0 Å². The molecule has 1 amide bonds. The number of halogens is 1. The maximum Gasteiger partial charge on any atom is 0.234 e. The van der Waals surface area contributed by atoms with Crippen molar-refractivity contribution >= 4 is 39.3 Å². The Hall–Kier alpha value is -2.97. The summed E-state index contributed by atoms with van der Waals surface area (Å²) >= 11 is 4.79. The highest BCUT2D eigenvalue weighted by Crippen LogP contribution is 2.28. The number of anilines is 1. The smallest absolute Gasteiger partial charge is 0.234 e. The zero-order valence-corrected chi connectivity index (χ0v) is 19.4. The summed E-state index contributed by atoms with van der Waals surface area (Å²) in [6.07, 6.45) is 3.48. The fraction of sp³-hybridized carbons (Fsp3) is 0.130. The van der Waals surface area contributed by atoms with E-state index in [1.165, 1.54) is 17.3 Å². The van der Waals surface area contributed by atoms with E-state index in [9.17, 15) is 4.79 Å². The molecule has 4 aromatic rings. The van der Waals surface area contributed by atoms with E-state index in [4.69, 9.17) is 0 Å². The lowest BCUT2D eigenvalue weighted by molar-refractivity contribution is -0.113. The second-order valence-electron chi connectivity index (χ2n) is 7.01. The molecule has 8 heteroatoms. The third-order valence-corrected chi connectivity index (χ3v) is 6.06. The molecule has 2 heterocycles. The van der Waals surface area contributed by atoms with Gasteiger partial charge in [-0.05, 0) is 61.9 Å². The molecule has 156 valence electrons. The van der Waals surface area contributed by atoms with Crippen LogP contribution in [0.2, 0.25) is 0 Å². The third-order valence-electron chi connectivity index (χ3n) is 4.64. The van der Waals surface area contributed by atoms with Crippen molar-refractivity contribution in [3.8, 4) is 17.1 Å². The molecular weight excluding hydrogens is 474 g/mol. The van der Waals surface area contributed by atoms with Gasteiger partial charge in [-0.3, -0.25) is 14.3 Å². The molecule has 0 aliphatic rings. The van der Waals surface area contributed by atoms with Crippen LogP contribution in [0, 0.1) is 13.8 Å². The zero-order chi connectivity index (χ0) is 21.8. The first-order chi connectivity index (χ1) is 15.0. The Bertz CT molecular complexity index is 1210. The number of amides is 1. The van der Waals surface area contributed by atoms with Crippen LogP contribution in [0.1, 0.15) is 11.1 Å². The van der Waals surface area contributed by atoms with Crippen LogP contribution < -0.4 is 5.32 Å². The van der Waals surface area contributed by atoms with Gasteiger partial charge < -0.3 is 5.32 Å². The molecule has 0 bridgehead atoms. The average Bonchev–Trinajstić information content (AvgIpc) is 3.19. The van der Waals surface area contributed by atoms with E-state index in [0.29, 0.717) is 11.0 Å². The Balaban J connectivity index is 1.58. The molecule has 0 radical (unpaired) electrons. The lowest BCUT2D eigenvalue weighted by Gasteiger charge is -2.11. The van der Waals surface area contributed by atoms with Gasteiger partial charge >= 0.3 is 0 Å². The first-order valence-corrected chi connectivity index (χ1v) is 11.4. The lowest BCUT2D eigenvalue weighted by Crippen LogP contribution is -2.15. The van der Waals surface area contributed by atoms with E-state index in [1.54, 1.807) is 12.4 Å². The van der Waals surface area contributed by atoms with E-state index in [2.05, 4.69) is 36.4 Å². The largest absolute Gasteiger partial charge is 0.325 e. The summed E-state index contributed by atoms with van der Waals surface area (Å²) < 4.78 is 2.94. The van der Waals surface area contributed by atoms with E-state index in [1.807, 2.05) is 73.0 Å². The van der Waals surface area contributed by atoms with Crippen molar-refractivity contribution in [2.45, 2.75) is 19.0 Å². The molecule has 0 aliphatic heterocycles. The molecule has 0 saturated heterocycles. The van der Waals surface area contributed by atoms with Gasteiger partial charge in [-0.2, -0.15) is 0 Å². The summed E-state index contributed by atoms with van der Waals surface area (Å²) in [5.41, 5.74) is 4.75. The summed E-state index contributed by atoms with van der Waals surface area (Å²) in [6, 6.07) is 17.7. The van der Waals surface area contributed by atoms with E-state index in [-0.39, 0.29) is 11.7 Å². The van der Waals surface area contributed by atoms with Crippen LogP contribution in [0.3, 0.4) is 0 Å². The number of benzene rings is 2. The number of rotatable bonds is 6. The molecule has 0 fully saturated rings.